The summed E-state index contributed by atoms with van der Waals surface area (Å²) in [4.78, 5) is 26.9. The first-order chi connectivity index (χ1) is 11.8. The fraction of sp³-hybridized carbons (Fsp3) is 0.500. The largest absolute Gasteiger partial charge is 0.469 e. The van der Waals surface area contributed by atoms with E-state index >= 15 is 0 Å². The van der Waals surface area contributed by atoms with E-state index in [0.717, 1.165) is 12.0 Å². The number of aromatic nitrogens is 2. The fourth-order valence-corrected chi connectivity index (χ4v) is 2.85. The number of carbonyl (C=O) groups excluding carboxylic acids is 2. The molecule has 3 rings (SSSR count). The molecule has 0 atom stereocenters. The Balaban J connectivity index is 1.88. The first kappa shape index (κ1) is 17.3. The number of hydrogen-bond donors (Lipinski definition) is 0. The number of esters is 1. The van der Waals surface area contributed by atoms with E-state index in [1.54, 1.807) is 15.8 Å². The van der Waals surface area contributed by atoms with E-state index in [9.17, 15) is 9.59 Å². The Bertz CT molecular complexity index is 798. The molecule has 1 aliphatic heterocycles. The molecule has 7 nitrogen and oxygen atoms in total. The highest BCUT2D eigenvalue weighted by Gasteiger charge is 2.32. The third-order valence-corrected chi connectivity index (χ3v) is 4.02. The maximum Gasteiger partial charge on any atom is 0.344 e. The summed E-state index contributed by atoms with van der Waals surface area (Å²) in [7, 11) is 0. The number of hydrogen-bond acceptors (Lipinski definition) is 5. The van der Waals surface area contributed by atoms with Crippen LogP contribution < -0.4 is 4.90 Å². The SMILES string of the molecule is Cc1ccoc1CC(=O)N1CCCn2ncc(C(=O)OC(C)(C)C)c21. The molecule has 2 aromatic rings. The second kappa shape index (κ2) is 6.38. The van der Waals surface area contributed by atoms with Gasteiger partial charge in [-0.15, -0.1) is 0 Å². The Morgan fingerprint density at radius 3 is 2.72 bits per heavy atom. The normalized spacial score (nSPS) is 14.3. The first-order valence-electron chi connectivity index (χ1n) is 8.39. The molecular formula is C18H23N3O4. The first-order valence-corrected chi connectivity index (χ1v) is 8.39. The van der Waals surface area contributed by atoms with E-state index in [1.807, 2.05) is 33.8 Å². The summed E-state index contributed by atoms with van der Waals surface area (Å²) in [5, 5.41) is 4.25. The van der Waals surface area contributed by atoms with Gasteiger partial charge in [-0.3, -0.25) is 9.69 Å². The number of carbonyl (C=O) groups is 2. The van der Waals surface area contributed by atoms with E-state index in [1.165, 1.54) is 6.20 Å². The van der Waals surface area contributed by atoms with Crippen molar-refractivity contribution < 1.29 is 18.7 Å². The summed E-state index contributed by atoms with van der Waals surface area (Å²) >= 11 is 0. The van der Waals surface area contributed by atoms with Crippen LogP contribution in [0.25, 0.3) is 0 Å². The van der Waals surface area contributed by atoms with Crippen LogP contribution in [-0.4, -0.2) is 33.8 Å². The fourth-order valence-electron chi connectivity index (χ4n) is 2.85. The average molecular weight is 345 g/mol. The lowest BCUT2D eigenvalue weighted by Crippen LogP contribution is -2.39. The molecule has 7 heteroatoms. The van der Waals surface area contributed by atoms with Crippen LogP contribution in [-0.2, 0) is 22.5 Å². The van der Waals surface area contributed by atoms with Gasteiger partial charge in [0.15, 0.2) is 0 Å². The van der Waals surface area contributed by atoms with Crippen molar-refractivity contribution in [2.75, 3.05) is 11.4 Å². The lowest BCUT2D eigenvalue weighted by atomic mass is 10.1. The Kier molecular flexibility index (Phi) is 4.41. The van der Waals surface area contributed by atoms with Gasteiger partial charge in [0.25, 0.3) is 0 Å². The number of ether oxygens (including phenoxy) is 1. The minimum Gasteiger partial charge on any atom is -0.469 e. The molecule has 0 radical (unpaired) electrons. The van der Waals surface area contributed by atoms with Crippen LogP contribution in [0.4, 0.5) is 5.82 Å². The van der Waals surface area contributed by atoms with E-state index in [2.05, 4.69) is 5.10 Å². The van der Waals surface area contributed by atoms with Crippen molar-refractivity contribution in [3.63, 3.8) is 0 Å². The Hall–Kier alpha value is -2.57. The van der Waals surface area contributed by atoms with Gasteiger partial charge in [0.1, 0.15) is 22.7 Å². The molecule has 1 aliphatic rings. The maximum absolute atomic E-state index is 12.8. The highest BCUT2D eigenvalue weighted by molar-refractivity contribution is 6.02. The summed E-state index contributed by atoms with van der Waals surface area (Å²) in [6.07, 6.45) is 3.99. The quantitative estimate of drug-likeness (QED) is 0.799. The number of rotatable bonds is 3. The van der Waals surface area contributed by atoms with Gasteiger partial charge < -0.3 is 9.15 Å². The van der Waals surface area contributed by atoms with E-state index in [4.69, 9.17) is 9.15 Å². The molecule has 0 spiro atoms. The Morgan fingerprint density at radius 1 is 1.32 bits per heavy atom. The zero-order valence-electron chi connectivity index (χ0n) is 15.0. The topological polar surface area (TPSA) is 77.6 Å². The lowest BCUT2D eigenvalue weighted by Gasteiger charge is -2.29. The van der Waals surface area contributed by atoms with Crippen LogP contribution in [0.1, 0.15) is 48.9 Å². The van der Waals surface area contributed by atoms with Gasteiger partial charge in [-0.2, -0.15) is 5.10 Å². The van der Waals surface area contributed by atoms with Crippen molar-refractivity contribution in [1.29, 1.82) is 0 Å². The van der Waals surface area contributed by atoms with Crippen molar-refractivity contribution in [3.05, 3.63) is 35.4 Å². The zero-order valence-corrected chi connectivity index (χ0v) is 15.0. The molecule has 0 unspecified atom stereocenters. The van der Waals surface area contributed by atoms with Crippen LogP contribution in [0.2, 0.25) is 0 Å². The Morgan fingerprint density at radius 2 is 2.08 bits per heavy atom. The van der Waals surface area contributed by atoms with E-state index < -0.39 is 11.6 Å². The summed E-state index contributed by atoms with van der Waals surface area (Å²) in [5.74, 6) is 0.558. The number of nitrogens with zero attached hydrogens (tertiary/aromatic N) is 3. The molecule has 134 valence electrons. The number of anilines is 1. The molecule has 0 aromatic carbocycles. The smallest absolute Gasteiger partial charge is 0.344 e. The van der Waals surface area contributed by atoms with Gasteiger partial charge in [0.05, 0.1) is 18.9 Å². The van der Waals surface area contributed by atoms with Crippen LogP contribution in [0.3, 0.4) is 0 Å². The molecule has 0 fully saturated rings. The highest BCUT2D eigenvalue weighted by Crippen LogP contribution is 2.28. The molecule has 1 amide bonds. The molecule has 0 bridgehead atoms. The van der Waals surface area contributed by atoms with Crippen LogP contribution in [0.15, 0.2) is 22.9 Å². The number of aryl methyl sites for hydroxylation is 2. The van der Waals surface area contributed by atoms with Gasteiger partial charge in [-0.25, -0.2) is 9.48 Å². The molecule has 2 aromatic heterocycles. The molecule has 0 aliphatic carbocycles. The predicted octanol–water partition coefficient (Wildman–Crippen LogP) is 2.72. The van der Waals surface area contributed by atoms with E-state index in [0.29, 0.717) is 30.2 Å². The molecule has 0 saturated heterocycles. The minimum absolute atomic E-state index is 0.121. The van der Waals surface area contributed by atoms with Crippen molar-refractivity contribution in [2.45, 2.75) is 52.7 Å². The summed E-state index contributed by atoms with van der Waals surface area (Å²) in [6.45, 7) is 8.54. The average Bonchev–Trinajstić information content (AvgIpc) is 3.12. The second-order valence-electron chi connectivity index (χ2n) is 7.21. The van der Waals surface area contributed by atoms with E-state index in [-0.39, 0.29) is 12.3 Å². The van der Waals surface area contributed by atoms with Crippen molar-refractivity contribution in [1.82, 2.24) is 9.78 Å². The molecule has 3 heterocycles. The summed E-state index contributed by atoms with van der Waals surface area (Å²) in [5.41, 5.74) is 0.645. The third-order valence-electron chi connectivity index (χ3n) is 4.02. The molecule has 0 N–H and O–H groups in total. The van der Waals surface area contributed by atoms with Gasteiger partial charge in [-0.1, -0.05) is 0 Å². The Labute approximate surface area is 146 Å². The number of fused-ring (bicyclic) bond motifs is 1. The van der Waals surface area contributed by atoms with Crippen LogP contribution in [0.5, 0.6) is 0 Å². The van der Waals surface area contributed by atoms with Crippen molar-refractivity contribution >= 4 is 17.7 Å². The van der Waals surface area contributed by atoms with Crippen LogP contribution in [0, 0.1) is 6.92 Å². The summed E-state index contributed by atoms with van der Waals surface area (Å²) in [6, 6.07) is 1.83. The monoisotopic (exact) mass is 345 g/mol. The minimum atomic E-state index is -0.610. The summed E-state index contributed by atoms with van der Waals surface area (Å²) < 4.78 is 12.5. The molecular weight excluding hydrogens is 322 g/mol. The van der Waals surface area contributed by atoms with Crippen molar-refractivity contribution in [2.24, 2.45) is 0 Å². The number of amides is 1. The lowest BCUT2D eigenvalue weighted by molar-refractivity contribution is -0.118. The van der Waals surface area contributed by atoms with Gasteiger partial charge in [0, 0.05) is 13.1 Å². The molecule has 25 heavy (non-hydrogen) atoms. The van der Waals surface area contributed by atoms with Crippen molar-refractivity contribution in [3.8, 4) is 0 Å². The van der Waals surface area contributed by atoms with Crippen LogP contribution >= 0.6 is 0 Å². The van der Waals surface area contributed by atoms with Gasteiger partial charge >= 0.3 is 5.97 Å². The maximum atomic E-state index is 12.8. The highest BCUT2D eigenvalue weighted by atomic mass is 16.6. The number of furan rings is 1. The standard InChI is InChI=1S/C18H23N3O4/c1-12-6-9-24-14(12)10-15(22)20-7-5-8-21-16(20)13(11-19-21)17(23)25-18(2,3)4/h6,9,11H,5,7-8,10H2,1-4H3. The molecule has 0 saturated carbocycles. The van der Waals surface area contributed by atoms with Gasteiger partial charge in [-0.05, 0) is 45.7 Å². The van der Waals surface area contributed by atoms with Gasteiger partial charge in [0.2, 0.25) is 5.91 Å². The third kappa shape index (κ3) is 3.60. The predicted molar refractivity (Wildman–Crippen MR) is 91.5 cm³/mol. The zero-order chi connectivity index (χ0) is 18.2. The second-order valence-corrected chi connectivity index (χ2v) is 7.21.